The standard InChI is InChI=1S/C44H50N6O6/c1-8-26(9-2)23-55-43(52)50-25(3)10-15-36(50)41-46-34-14-12-28-18-33-31-13-11-29(17-30(31)24-54-38(33)19-32(28)39(34)48-41)35-20-45-40(47-35)37-16-27(22-53-7)21-49(37)42(51)56-44(4,5)6/h8-9,11-14,17-20,25,27,36-37H,1,10,15-16,21-24H2,2-7H3,(H,45,47)(H,46,48). The minimum Gasteiger partial charge on any atom is -0.488 e. The number of hydrogen-bond acceptors (Lipinski definition) is 8. The minimum absolute atomic E-state index is 0.0298. The number of aromatic nitrogens is 4. The Morgan fingerprint density at radius 3 is 2.64 bits per heavy atom. The van der Waals surface area contributed by atoms with Crippen LogP contribution in [0.3, 0.4) is 0 Å². The third-order valence-electron chi connectivity index (χ3n) is 11.2. The van der Waals surface area contributed by atoms with Crippen LogP contribution in [0.5, 0.6) is 5.75 Å². The van der Waals surface area contributed by atoms with E-state index in [-0.39, 0.29) is 42.8 Å². The van der Waals surface area contributed by atoms with Crippen molar-refractivity contribution in [1.82, 2.24) is 29.7 Å². The molecule has 0 spiro atoms. The van der Waals surface area contributed by atoms with Crippen LogP contribution in [-0.2, 0) is 20.8 Å². The third kappa shape index (κ3) is 7.02. The zero-order valence-corrected chi connectivity index (χ0v) is 33.0. The minimum atomic E-state index is -0.599. The van der Waals surface area contributed by atoms with Gasteiger partial charge in [0.2, 0.25) is 0 Å². The number of carbonyl (C=O) groups is 2. The summed E-state index contributed by atoms with van der Waals surface area (Å²) in [6, 6.07) is 14.4. The first kappa shape index (κ1) is 37.3. The Bertz CT molecular complexity index is 2350. The second kappa shape index (κ2) is 14.8. The molecular formula is C44H50N6O6. The molecule has 3 aliphatic rings. The second-order valence-electron chi connectivity index (χ2n) is 16.2. The lowest BCUT2D eigenvalue weighted by Gasteiger charge is -2.27. The fourth-order valence-corrected chi connectivity index (χ4v) is 8.38. The van der Waals surface area contributed by atoms with Crippen LogP contribution in [0.4, 0.5) is 9.59 Å². The first-order chi connectivity index (χ1) is 26.9. The smallest absolute Gasteiger partial charge is 0.410 e. The number of carbonyl (C=O) groups excluding carboxylic acids is 2. The predicted octanol–water partition coefficient (Wildman–Crippen LogP) is 9.40. The van der Waals surface area contributed by atoms with Crippen LogP contribution in [0.25, 0.3) is 44.2 Å². The Kier molecular flexibility index (Phi) is 9.86. The SMILES string of the molecule is C=CC(=CC)COC(=O)N1C(C)CCC1c1nc2c(ccc3cc4c(cc32)OCc2cc(-c3cnc(C5CC(COC)CN5C(=O)OC(C)(C)C)[nH]3)ccc2-4)[nH]1. The maximum absolute atomic E-state index is 13.3. The van der Waals surface area contributed by atoms with Crippen molar-refractivity contribution in [3.63, 3.8) is 0 Å². The highest BCUT2D eigenvalue weighted by molar-refractivity contribution is 6.07. The average Bonchev–Trinajstić information content (AvgIpc) is 3.99. The van der Waals surface area contributed by atoms with Gasteiger partial charge in [-0.05, 0) is 106 Å². The van der Waals surface area contributed by atoms with Crippen molar-refractivity contribution in [2.24, 2.45) is 5.92 Å². The number of likely N-dealkylation sites (tertiary alicyclic amines) is 2. The van der Waals surface area contributed by atoms with Gasteiger partial charge in [0, 0.05) is 36.6 Å². The van der Waals surface area contributed by atoms with E-state index in [2.05, 4.69) is 65.9 Å². The Morgan fingerprint density at radius 2 is 1.88 bits per heavy atom. The maximum atomic E-state index is 13.3. The summed E-state index contributed by atoms with van der Waals surface area (Å²) in [5, 5.41) is 2.03. The Hall–Kier alpha value is -5.62. The Balaban J connectivity index is 1.04. The number of hydrogen-bond donors (Lipinski definition) is 2. The molecule has 3 aliphatic heterocycles. The van der Waals surface area contributed by atoms with Crippen molar-refractivity contribution >= 4 is 34.0 Å². The van der Waals surface area contributed by atoms with Crippen molar-refractivity contribution in [3.05, 3.63) is 90.2 Å². The van der Waals surface area contributed by atoms with E-state index >= 15 is 0 Å². The van der Waals surface area contributed by atoms with E-state index in [9.17, 15) is 9.59 Å². The number of ether oxygens (including phenoxy) is 4. The summed E-state index contributed by atoms with van der Waals surface area (Å²) >= 11 is 0. The molecule has 4 unspecified atom stereocenters. The van der Waals surface area contributed by atoms with Crippen molar-refractivity contribution < 1.29 is 28.5 Å². The third-order valence-corrected chi connectivity index (χ3v) is 11.2. The molecule has 0 saturated carbocycles. The molecule has 5 heterocycles. The van der Waals surface area contributed by atoms with Gasteiger partial charge in [0.15, 0.2) is 0 Å². The highest BCUT2D eigenvalue weighted by atomic mass is 16.6. The molecule has 12 heteroatoms. The zero-order chi connectivity index (χ0) is 39.3. The van der Waals surface area contributed by atoms with Gasteiger partial charge in [-0.2, -0.15) is 0 Å². The van der Waals surface area contributed by atoms with E-state index in [1.54, 1.807) is 18.1 Å². The van der Waals surface area contributed by atoms with E-state index in [0.29, 0.717) is 19.8 Å². The van der Waals surface area contributed by atoms with Crippen molar-refractivity contribution in [2.45, 2.75) is 84.2 Å². The monoisotopic (exact) mass is 758 g/mol. The molecule has 3 aromatic carbocycles. The number of H-pyrrole nitrogens is 2. The average molecular weight is 759 g/mol. The van der Waals surface area contributed by atoms with Gasteiger partial charge in [-0.15, -0.1) is 0 Å². The fourth-order valence-electron chi connectivity index (χ4n) is 8.38. The van der Waals surface area contributed by atoms with Gasteiger partial charge >= 0.3 is 12.2 Å². The van der Waals surface area contributed by atoms with E-state index < -0.39 is 5.60 Å². The Labute approximate surface area is 326 Å². The van der Waals surface area contributed by atoms with E-state index in [1.165, 1.54) is 0 Å². The molecule has 0 aliphatic carbocycles. The summed E-state index contributed by atoms with van der Waals surface area (Å²) in [5.41, 5.74) is 7.07. The molecule has 5 aromatic rings. The summed E-state index contributed by atoms with van der Waals surface area (Å²) < 4.78 is 23.3. The largest absolute Gasteiger partial charge is 0.488 e. The lowest BCUT2D eigenvalue weighted by Crippen LogP contribution is -2.37. The molecule has 2 aromatic heterocycles. The lowest BCUT2D eigenvalue weighted by atomic mass is 9.92. The molecule has 2 saturated heterocycles. The molecule has 56 heavy (non-hydrogen) atoms. The molecule has 2 fully saturated rings. The number of nitrogens with zero attached hydrogens (tertiary/aromatic N) is 4. The van der Waals surface area contributed by atoms with Crippen LogP contribution in [-0.4, -0.2) is 80.4 Å². The number of allylic oxidation sites excluding steroid dienone is 1. The molecular weight excluding hydrogens is 709 g/mol. The van der Waals surface area contributed by atoms with Gasteiger partial charge in [-0.3, -0.25) is 9.80 Å². The molecule has 4 atom stereocenters. The van der Waals surface area contributed by atoms with E-state index in [1.807, 2.05) is 44.9 Å². The number of benzene rings is 3. The first-order valence-corrected chi connectivity index (χ1v) is 19.4. The molecule has 2 amide bonds. The normalized spacial score (nSPS) is 20.9. The van der Waals surface area contributed by atoms with Crippen LogP contribution in [0.1, 0.15) is 83.2 Å². The predicted molar refractivity (Wildman–Crippen MR) is 215 cm³/mol. The van der Waals surface area contributed by atoms with Crippen molar-refractivity contribution in [2.75, 3.05) is 26.9 Å². The Morgan fingerprint density at radius 1 is 1.04 bits per heavy atom. The highest BCUT2D eigenvalue weighted by Gasteiger charge is 2.41. The van der Waals surface area contributed by atoms with Crippen molar-refractivity contribution in [1.29, 1.82) is 0 Å². The summed E-state index contributed by atoms with van der Waals surface area (Å²) in [6.07, 6.45) is 7.12. The topological polar surface area (TPSA) is 135 Å². The highest BCUT2D eigenvalue weighted by Crippen LogP contribution is 2.44. The zero-order valence-electron chi connectivity index (χ0n) is 33.0. The summed E-state index contributed by atoms with van der Waals surface area (Å²) in [5.74, 6) is 2.47. The maximum Gasteiger partial charge on any atom is 0.410 e. The number of fused-ring (bicyclic) bond motifs is 6. The van der Waals surface area contributed by atoms with E-state index in [4.69, 9.17) is 28.9 Å². The number of methoxy groups -OCH3 is 1. The van der Waals surface area contributed by atoms with Gasteiger partial charge in [0.25, 0.3) is 0 Å². The quantitative estimate of drug-likeness (QED) is 0.150. The first-order valence-electron chi connectivity index (χ1n) is 19.4. The molecule has 292 valence electrons. The van der Waals surface area contributed by atoms with E-state index in [0.717, 1.165) is 92.0 Å². The number of amides is 2. The summed E-state index contributed by atoms with van der Waals surface area (Å²) in [4.78, 5) is 46.9. The number of rotatable bonds is 8. The van der Waals surface area contributed by atoms with Crippen LogP contribution < -0.4 is 4.74 Å². The van der Waals surface area contributed by atoms with Crippen molar-refractivity contribution in [3.8, 4) is 28.1 Å². The van der Waals surface area contributed by atoms with Crippen LogP contribution in [0, 0.1) is 5.92 Å². The van der Waals surface area contributed by atoms with Crippen LogP contribution >= 0.6 is 0 Å². The molecule has 2 N–H and O–H groups in total. The number of nitrogens with one attached hydrogen (secondary N) is 2. The molecule has 0 radical (unpaired) electrons. The van der Waals surface area contributed by atoms with Crippen LogP contribution in [0.15, 0.2) is 73.0 Å². The number of aromatic amines is 2. The summed E-state index contributed by atoms with van der Waals surface area (Å²) in [6.45, 7) is 15.1. The molecule has 8 rings (SSSR count). The molecule has 12 nitrogen and oxygen atoms in total. The van der Waals surface area contributed by atoms with Gasteiger partial charge in [-0.25, -0.2) is 19.6 Å². The van der Waals surface area contributed by atoms with Gasteiger partial charge < -0.3 is 28.9 Å². The lowest BCUT2D eigenvalue weighted by molar-refractivity contribution is 0.0208. The van der Waals surface area contributed by atoms with Gasteiger partial charge in [-0.1, -0.05) is 36.9 Å². The van der Waals surface area contributed by atoms with Gasteiger partial charge in [0.05, 0.1) is 41.6 Å². The second-order valence-corrected chi connectivity index (χ2v) is 16.2. The van der Waals surface area contributed by atoms with Gasteiger partial charge in [0.1, 0.15) is 36.2 Å². The summed E-state index contributed by atoms with van der Waals surface area (Å²) in [7, 11) is 1.68. The number of imidazole rings is 2. The molecule has 0 bridgehead atoms. The van der Waals surface area contributed by atoms with Crippen LogP contribution in [0.2, 0.25) is 0 Å². The fraction of sp³-hybridized carbons (Fsp3) is 0.409.